The summed E-state index contributed by atoms with van der Waals surface area (Å²) in [6.07, 6.45) is 1.79. The van der Waals surface area contributed by atoms with E-state index in [4.69, 9.17) is 11.6 Å². The minimum absolute atomic E-state index is 0.0429. The molecule has 1 amide bonds. The highest BCUT2D eigenvalue weighted by Gasteiger charge is 2.14. The van der Waals surface area contributed by atoms with Crippen LogP contribution in [0.5, 0.6) is 0 Å². The molecule has 1 aromatic rings. The molecule has 0 aromatic heterocycles. The van der Waals surface area contributed by atoms with Gasteiger partial charge in [0.05, 0.1) is 4.92 Å². The van der Waals surface area contributed by atoms with Crippen LogP contribution in [0, 0.1) is 10.1 Å². The van der Waals surface area contributed by atoms with Crippen LogP contribution in [0.4, 0.5) is 5.69 Å². The maximum Gasteiger partial charge on any atom is 0.287 e. The maximum absolute atomic E-state index is 11.7. The Kier molecular flexibility index (Phi) is 6.38. The van der Waals surface area contributed by atoms with Gasteiger partial charge >= 0.3 is 0 Å². The van der Waals surface area contributed by atoms with Crippen molar-refractivity contribution < 1.29 is 9.72 Å². The SMILES string of the molecule is C=CCSCCNC(=O)c1ccc([N+](=O)[O-])c(Cl)c1. The molecule has 1 N–H and O–H groups in total. The zero-order valence-electron chi connectivity index (χ0n) is 10.1. The molecule has 0 heterocycles. The van der Waals surface area contributed by atoms with Crippen molar-refractivity contribution in [1.29, 1.82) is 0 Å². The van der Waals surface area contributed by atoms with Gasteiger partial charge in [-0.1, -0.05) is 17.7 Å². The zero-order valence-corrected chi connectivity index (χ0v) is 11.7. The number of nitrogens with one attached hydrogen (secondary N) is 1. The average Bonchev–Trinajstić information content (AvgIpc) is 2.37. The van der Waals surface area contributed by atoms with E-state index in [9.17, 15) is 14.9 Å². The fourth-order valence-electron chi connectivity index (χ4n) is 1.30. The quantitative estimate of drug-likeness (QED) is 0.364. The molecule has 1 aromatic carbocycles. The minimum atomic E-state index is -0.587. The Labute approximate surface area is 120 Å². The molecule has 0 bridgehead atoms. The lowest BCUT2D eigenvalue weighted by atomic mass is 10.2. The predicted octanol–water partition coefficient (Wildman–Crippen LogP) is 2.90. The van der Waals surface area contributed by atoms with Crippen LogP contribution < -0.4 is 5.32 Å². The summed E-state index contributed by atoms with van der Waals surface area (Å²) >= 11 is 7.39. The Morgan fingerprint density at radius 2 is 2.32 bits per heavy atom. The summed E-state index contributed by atoms with van der Waals surface area (Å²) < 4.78 is 0. The normalized spacial score (nSPS) is 9.95. The molecule has 0 aliphatic heterocycles. The molecule has 0 aliphatic carbocycles. The van der Waals surface area contributed by atoms with Crippen molar-refractivity contribution in [2.75, 3.05) is 18.1 Å². The summed E-state index contributed by atoms with van der Waals surface area (Å²) in [6.45, 7) is 4.12. The molecule has 102 valence electrons. The number of rotatable bonds is 7. The Morgan fingerprint density at radius 3 is 2.89 bits per heavy atom. The lowest BCUT2D eigenvalue weighted by Crippen LogP contribution is -2.25. The number of amides is 1. The van der Waals surface area contributed by atoms with Gasteiger partial charge in [0, 0.05) is 29.7 Å². The lowest BCUT2D eigenvalue weighted by molar-refractivity contribution is -0.384. The summed E-state index contributed by atoms with van der Waals surface area (Å²) in [6, 6.07) is 3.91. The number of carbonyl (C=O) groups excluding carboxylic acids is 1. The third kappa shape index (κ3) is 4.92. The van der Waals surface area contributed by atoms with Crippen molar-refractivity contribution in [2.45, 2.75) is 0 Å². The summed E-state index contributed by atoms with van der Waals surface area (Å²) in [5.41, 5.74) is 0.101. The number of carbonyl (C=O) groups is 1. The predicted molar refractivity (Wildman–Crippen MR) is 78.0 cm³/mol. The van der Waals surface area contributed by atoms with Gasteiger partial charge < -0.3 is 5.32 Å². The Balaban J connectivity index is 2.55. The molecule has 0 saturated heterocycles. The van der Waals surface area contributed by atoms with Crippen molar-refractivity contribution in [2.24, 2.45) is 0 Å². The van der Waals surface area contributed by atoms with Gasteiger partial charge in [0.25, 0.3) is 11.6 Å². The van der Waals surface area contributed by atoms with Gasteiger partial charge in [-0.25, -0.2) is 0 Å². The zero-order chi connectivity index (χ0) is 14.3. The monoisotopic (exact) mass is 300 g/mol. The van der Waals surface area contributed by atoms with Gasteiger partial charge in [-0.2, -0.15) is 11.8 Å². The van der Waals surface area contributed by atoms with E-state index in [1.54, 1.807) is 17.8 Å². The van der Waals surface area contributed by atoms with Crippen LogP contribution in [0.1, 0.15) is 10.4 Å². The topological polar surface area (TPSA) is 72.2 Å². The number of halogens is 1. The number of hydrogen-bond donors (Lipinski definition) is 1. The Morgan fingerprint density at radius 1 is 1.58 bits per heavy atom. The summed E-state index contributed by atoms with van der Waals surface area (Å²) in [7, 11) is 0. The van der Waals surface area contributed by atoms with Crippen LogP contribution >= 0.6 is 23.4 Å². The van der Waals surface area contributed by atoms with E-state index >= 15 is 0 Å². The highest BCUT2D eigenvalue weighted by molar-refractivity contribution is 7.99. The van der Waals surface area contributed by atoms with Crippen LogP contribution in [0.15, 0.2) is 30.9 Å². The highest BCUT2D eigenvalue weighted by atomic mass is 35.5. The first-order chi connectivity index (χ1) is 9.06. The first-order valence-corrected chi connectivity index (χ1v) is 7.00. The van der Waals surface area contributed by atoms with Crippen LogP contribution in [-0.2, 0) is 0 Å². The largest absolute Gasteiger partial charge is 0.351 e. The van der Waals surface area contributed by atoms with E-state index in [1.165, 1.54) is 18.2 Å². The molecule has 0 radical (unpaired) electrons. The molecule has 0 atom stereocenters. The molecule has 5 nitrogen and oxygen atoms in total. The first-order valence-electron chi connectivity index (χ1n) is 5.47. The van der Waals surface area contributed by atoms with E-state index in [0.717, 1.165) is 11.5 Å². The number of nitro groups is 1. The second kappa shape index (κ2) is 7.81. The highest BCUT2D eigenvalue weighted by Crippen LogP contribution is 2.24. The maximum atomic E-state index is 11.7. The van der Waals surface area contributed by atoms with Crippen molar-refractivity contribution in [3.63, 3.8) is 0 Å². The number of nitrogens with zero attached hydrogens (tertiary/aromatic N) is 1. The molecule has 19 heavy (non-hydrogen) atoms. The van der Waals surface area contributed by atoms with Crippen LogP contribution in [0.25, 0.3) is 0 Å². The van der Waals surface area contributed by atoms with E-state index in [-0.39, 0.29) is 16.6 Å². The lowest BCUT2D eigenvalue weighted by Gasteiger charge is -2.05. The van der Waals surface area contributed by atoms with E-state index in [1.807, 2.05) is 0 Å². The van der Waals surface area contributed by atoms with E-state index in [0.29, 0.717) is 12.1 Å². The van der Waals surface area contributed by atoms with Gasteiger partial charge in [0.1, 0.15) is 5.02 Å². The standard InChI is InChI=1S/C12H13ClN2O3S/c1-2-6-19-7-5-14-12(16)9-3-4-11(15(17)18)10(13)8-9/h2-4,8H,1,5-7H2,(H,14,16). The molecule has 0 unspecified atom stereocenters. The van der Waals surface area contributed by atoms with Gasteiger partial charge in [-0.05, 0) is 12.1 Å². The van der Waals surface area contributed by atoms with Crippen molar-refractivity contribution >= 4 is 35.0 Å². The second-order valence-corrected chi connectivity index (χ2v) is 5.10. The van der Waals surface area contributed by atoms with Crippen molar-refractivity contribution in [3.05, 3.63) is 51.6 Å². The molecule has 0 spiro atoms. The molecular formula is C12H13ClN2O3S. The Hall–Kier alpha value is -1.53. The third-order valence-corrected chi connectivity index (χ3v) is 3.44. The summed E-state index contributed by atoms with van der Waals surface area (Å²) in [5.74, 6) is 1.31. The average molecular weight is 301 g/mol. The number of nitro benzene ring substituents is 1. The van der Waals surface area contributed by atoms with Gasteiger partial charge in [-0.3, -0.25) is 14.9 Å². The van der Waals surface area contributed by atoms with Crippen LogP contribution in [0.2, 0.25) is 5.02 Å². The molecule has 0 aliphatic rings. The molecule has 1 rings (SSSR count). The van der Waals surface area contributed by atoms with E-state index < -0.39 is 4.92 Å². The smallest absolute Gasteiger partial charge is 0.287 e. The fraction of sp³-hybridized carbons (Fsp3) is 0.250. The van der Waals surface area contributed by atoms with Crippen molar-refractivity contribution in [1.82, 2.24) is 5.32 Å². The van der Waals surface area contributed by atoms with Crippen LogP contribution in [-0.4, -0.2) is 28.9 Å². The Bertz CT molecular complexity index is 494. The number of benzene rings is 1. The van der Waals surface area contributed by atoms with Crippen molar-refractivity contribution in [3.8, 4) is 0 Å². The van der Waals surface area contributed by atoms with Gasteiger partial charge in [-0.15, -0.1) is 6.58 Å². The van der Waals surface area contributed by atoms with E-state index in [2.05, 4.69) is 11.9 Å². The molecule has 0 fully saturated rings. The summed E-state index contributed by atoms with van der Waals surface area (Å²) in [5, 5.41) is 13.3. The van der Waals surface area contributed by atoms with Gasteiger partial charge in [0.15, 0.2) is 0 Å². The molecule has 0 saturated carbocycles. The van der Waals surface area contributed by atoms with Gasteiger partial charge in [0.2, 0.25) is 0 Å². The minimum Gasteiger partial charge on any atom is -0.351 e. The number of thioether (sulfide) groups is 1. The number of hydrogen-bond acceptors (Lipinski definition) is 4. The third-order valence-electron chi connectivity index (χ3n) is 2.17. The molecule has 7 heteroatoms. The van der Waals surface area contributed by atoms with Crippen LogP contribution in [0.3, 0.4) is 0 Å². The summed E-state index contributed by atoms with van der Waals surface area (Å²) in [4.78, 5) is 21.7. The fourth-order valence-corrected chi connectivity index (χ4v) is 2.13. The first kappa shape index (κ1) is 15.5. The molecular weight excluding hydrogens is 288 g/mol. The second-order valence-electron chi connectivity index (χ2n) is 3.54.